The molecule has 15 heavy (non-hydrogen) atoms. The van der Waals surface area contributed by atoms with E-state index < -0.39 is 0 Å². The predicted octanol–water partition coefficient (Wildman–Crippen LogP) is -0.580. The smallest absolute Gasteiger partial charge is 0.267 e. The van der Waals surface area contributed by atoms with E-state index in [0.717, 1.165) is 0 Å². The van der Waals surface area contributed by atoms with Gasteiger partial charge in [0, 0.05) is 6.20 Å². The van der Waals surface area contributed by atoms with E-state index in [1.165, 1.54) is 21.9 Å². The molecule has 0 unspecified atom stereocenters. The van der Waals surface area contributed by atoms with Crippen molar-refractivity contribution in [3.63, 3.8) is 0 Å². The van der Waals surface area contributed by atoms with Crippen LogP contribution in [0.25, 0.3) is 0 Å². The fourth-order valence-electron chi connectivity index (χ4n) is 1.08. The molecule has 2 aromatic rings. The molecule has 0 fully saturated rings. The van der Waals surface area contributed by atoms with E-state index in [2.05, 4.69) is 20.4 Å². The lowest BCUT2D eigenvalue weighted by atomic mass is 10.5. The molecule has 0 aliphatic heterocycles. The van der Waals surface area contributed by atoms with Gasteiger partial charge in [0.15, 0.2) is 5.82 Å². The Morgan fingerprint density at radius 2 is 2.33 bits per heavy atom. The summed E-state index contributed by atoms with van der Waals surface area (Å²) in [6.07, 6.45) is 2.98. The van der Waals surface area contributed by atoms with Crippen molar-refractivity contribution < 1.29 is 0 Å². The molecule has 0 amide bonds. The minimum Gasteiger partial charge on any atom is -0.290 e. The van der Waals surface area contributed by atoms with Crippen LogP contribution in [0.4, 0.5) is 0 Å². The Kier molecular flexibility index (Phi) is 2.75. The number of aromatic nitrogens is 6. The normalized spacial score (nSPS) is 10.5. The fourth-order valence-corrected chi connectivity index (χ4v) is 1.55. The van der Waals surface area contributed by atoms with E-state index in [-0.39, 0.29) is 12.1 Å². The van der Waals surface area contributed by atoms with Gasteiger partial charge in [0.05, 0.1) is 23.5 Å². The molecule has 7 nitrogen and oxygen atoms in total. The van der Waals surface area contributed by atoms with E-state index in [4.69, 9.17) is 0 Å². The SMILES string of the molecule is Cn1nnc(Cn2cncc(I)c2=O)n1. The third-order valence-electron chi connectivity index (χ3n) is 1.72. The third-order valence-corrected chi connectivity index (χ3v) is 2.46. The Morgan fingerprint density at radius 1 is 1.53 bits per heavy atom. The molecular formula is C7H7IN6O. The molecule has 0 saturated carbocycles. The van der Waals surface area contributed by atoms with Crippen LogP contribution < -0.4 is 5.56 Å². The minimum absolute atomic E-state index is 0.0990. The maximum Gasteiger partial charge on any atom is 0.267 e. The Balaban J connectivity index is 2.32. The van der Waals surface area contributed by atoms with Crippen molar-refractivity contribution in [2.75, 3.05) is 0 Å². The summed E-state index contributed by atoms with van der Waals surface area (Å²) in [6.45, 7) is 0.288. The highest BCUT2D eigenvalue weighted by molar-refractivity contribution is 14.1. The summed E-state index contributed by atoms with van der Waals surface area (Å²) in [5, 5.41) is 11.5. The van der Waals surface area contributed by atoms with E-state index in [0.29, 0.717) is 9.39 Å². The van der Waals surface area contributed by atoms with Crippen LogP contribution in [0.3, 0.4) is 0 Å². The second-order valence-electron chi connectivity index (χ2n) is 2.87. The Morgan fingerprint density at radius 3 is 3.00 bits per heavy atom. The topological polar surface area (TPSA) is 78.5 Å². The summed E-state index contributed by atoms with van der Waals surface area (Å²) in [6, 6.07) is 0. The van der Waals surface area contributed by atoms with Crippen LogP contribution in [-0.4, -0.2) is 29.8 Å². The molecule has 0 aliphatic carbocycles. The van der Waals surface area contributed by atoms with Crippen molar-refractivity contribution in [3.8, 4) is 0 Å². The second-order valence-corrected chi connectivity index (χ2v) is 4.03. The highest BCUT2D eigenvalue weighted by Crippen LogP contribution is 1.95. The van der Waals surface area contributed by atoms with Crippen molar-refractivity contribution in [1.82, 2.24) is 29.8 Å². The van der Waals surface area contributed by atoms with Gasteiger partial charge in [-0.2, -0.15) is 4.80 Å². The second kappa shape index (κ2) is 4.04. The summed E-state index contributed by atoms with van der Waals surface area (Å²) < 4.78 is 2.01. The standard InChI is InChI=1S/C7H7IN6O/c1-13-11-6(10-12-13)3-14-4-9-2-5(8)7(14)15/h2,4H,3H2,1H3. The molecule has 0 atom stereocenters. The van der Waals surface area contributed by atoms with Crippen molar-refractivity contribution in [2.24, 2.45) is 7.05 Å². The number of aryl methyl sites for hydroxylation is 1. The van der Waals surface area contributed by atoms with E-state index >= 15 is 0 Å². The molecule has 0 radical (unpaired) electrons. The average molecular weight is 318 g/mol. The molecule has 0 aromatic carbocycles. The zero-order valence-corrected chi connectivity index (χ0v) is 9.99. The van der Waals surface area contributed by atoms with Crippen molar-refractivity contribution in [3.05, 3.63) is 32.3 Å². The van der Waals surface area contributed by atoms with Gasteiger partial charge in [0.2, 0.25) is 0 Å². The quantitative estimate of drug-likeness (QED) is 0.692. The summed E-state index contributed by atoms with van der Waals surface area (Å²) in [4.78, 5) is 16.9. The van der Waals surface area contributed by atoms with Crippen LogP contribution in [0.15, 0.2) is 17.3 Å². The lowest BCUT2D eigenvalue weighted by Gasteiger charge is -2.00. The first-order valence-electron chi connectivity index (χ1n) is 4.09. The zero-order valence-electron chi connectivity index (χ0n) is 7.83. The number of tetrazole rings is 1. The molecule has 0 spiro atoms. The van der Waals surface area contributed by atoms with E-state index in [1.54, 1.807) is 7.05 Å². The fraction of sp³-hybridized carbons (Fsp3) is 0.286. The van der Waals surface area contributed by atoms with Gasteiger partial charge in [-0.3, -0.25) is 9.36 Å². The number of halogens is 1. The van der Waals surface area contributed by atoms with Crippen LogP contribution in [-0.2, 0) is 13.6 Å². The van der Waals surface area contributed by atoms with Gasteiger partial charge in [-0.15, -0.1) is 10.2 Å². The molecule has 78 valence electrons. The van der Waals surface area contributed by atoms with Crippen LogP contribution in [0.5, 0.6) is 0 Å². The summed E-state index contributed by atoms with van der Waals surface area (Å²) in [5.41, 5.74) is -0.0990. The first kappa shape index (κ1) is 10.2. The Labute approximate surface area is 98.3 Å². The Hall–Kier alpha value is -1.32. The largest absolute Gasteiger partial charge is 0.290 e. The van der Waals surface area contributed by atoms with Gasteiger partial charge in [0.1, 0.15) is 0 Å². The molecule has 0 N–H and O–H groups in total. The highest BCUT2D eigenvalue weighted by Gasteiger charge is 2.05. The van der Waals surface area contributed by atoms with Crippen molar-refractivity contribution >= 4 is 22.6 Å². The average Bonchev–Trinajstić information content (AvgIpc) is 2.59. The molecule has 2 heterocycles. The number of nitrogens with zero attached hydrogens (tertiary/aromatic N) is 6. The van der Waals surface area contributed by atoms with Crippen molar-refractivity contribution in [1.29, 1.82) is 0 Å². The lowest BCUT2D eigenvalue weighted by Crippen LogP contribution is -2.23. The first-order chi connectivity index (χ1) is 7.16. The maximum atomic E-state index is 11.6. The van der Waals surface area contributed by atoms with Gasteiger partial charge in [0.25, 0.3) is 5.56 Å². The lowest BCUT2D eigenvalue weighted by molar-refractivity contribution is 0.622. The molecular weight excluding hydrogens is 311 g/mol. The van der Waals surface area contributed by atoms with Crippen LogP contribution in [0.2, 0.25) is 0 Å². The third kappa shape index (κ3) is 2.19. The molecule has 0 aliphatic rings. The highest BCUT2D eigenvalue weighted by atomic mass is 127. The van der Waals surface area contributed by atoms with E-state index in [9.17, 15) is 4.79 Å². The molecule has 8 heteroatoms. The van der Waals surface area contributed by atoms with Gasteiger partial charge in [-0.25, -0.2) is 4.98 Å². The summed E-state index contributed by atoms with van der Waals surface area (Å²) in [5.74, 6) is 0.489. The molecule has 2 rings (SSSR count). The monoisotopic (exact) mass is 318 g/mol. The molecule has 0 saturated heterocycles. The van der Waals surface area contributed by atoms with Crippen molar-refractivity contribution in [2.45, 2.75) is 6.54 Å². The van der Waals surface area contributed by atoms with Crippen LogP contribution in [0.1, 0.15) is 5.82 Å². The number of hydrogen-bond acceptors (Lipinski definition) is 5. The molecule has 0 bridgehead atoms. The van der Waals surface area contributed by atoms with Gasteiger partial charge >= 0.3 is 0 Å². The van der Waals surface area contributed by atoms with Gasteiger partial charge in [-0.05, 0) is 27.8 Å². The van der Waals surface area contributed by atoms with E-state index in [1.807, 2.05) is 22.6 Å². The first-order valence-corrected chi connectivity index (χ1v) is 5.17. The van der Waals surface area contributed by atoms with Crippen LogP contribution >= 0.6 is 22.6 Å². The summed E-state index contributed by atoms with van der Waals surface area (Å²) in [7, 11) is 1.67. The number of hydrogen-bond donors (Lipinski definition) is 0. The Bertz CT molecular complexity index is 532. The van der Waals surface area contributed by atoms with Crippen LogP contribution in [0, 0.1) is 3.57 Å². The summed E-state index contributed by atoms with van der Waals surface area (Å²) >= 11 is 1.94. The van der Waals surface area contributed by atoms with Gasteiger partial charge in [-0.1, -0.05) is 0 Å². The predicted molar refractivity (Wildman–Crippen MR) is 59.1 cm³/mol. The van der Waals surface area contributed by atoms with Gasteiger partial charge < -0.3 is 0 Å². The zero-order chi connectivity index (χ0) is 10.8. The maximum absolute atomic E-state index is 11.6. The molecule has 2 aromatic heterocycles. The minimum atomic E-state index is -0.0990. The number of rotatable bonds is 2.